The summed E-state index contributed by atoms with van der Waals surface area (Å²) in [4.78, 5) is 14.4. The predicted molar refractivity (Wildman–Crippen MR) is 113 cm³/mol. The average molecular weight is 446 g/mol. The van der Waals surface area contributed by atoms with Crippen molar-refractivity contribution in [1.29, 1.82) is 0 Å². The molecule has 0 spiro atoms. The molecule has 0 saturated heterocycles. The SMILES string of the molecule is Cc1ccc([C@H]2C[C@H](C(F)(F)F)n3nc(C(=O)N(C)Cc4cnn(C)c4C)cc3N2)cc1. The number of hydrogen-bond acceptors (Lipinski definition) is 4. The zero-order chi connectivity index (χ0) is 23.2. The Morgan fingerprint density at radius 1 is 1.25 bits per heavy atom. The predicted octanol–water partition coefficient (Wildman–Crippen LogP) is 4.17. The highest BCUT2D eigenvalue weighted by molar-refractivity contribution is 5.93. The van der Waals surface area contributed by atoms with Crippen molar-refractivity contribution >= 4 is 11.7 Å². The molecule has 0 bridgehead atoms. The van der Waals surface area contributed by atoms with Gasteiger partial charge in [0, 0.05) is 44.4 Å². The number of benzene rings is 1. The molecule has 0 unspecified atom stereocenters. The Kier molecular flexibility index (Phi) is 5.47. The number of amides is 1. The van der Waals surface area contributed by atoms with Crippen LogP contribution in [0.3, 0.4) is 0 Å². The van der Waals surface area contributed by atoms with E-state index in [1.54, 1.807) is 25.0 Å². The summed E-state index contributed by atoms with van der Waals surface area (Å²) < 4.78 is 44.2. The summed E-state index contributed by atoms with van der Waals surface area (Å²) in [7, 11) is 3.40. The van der Waals surface area contributed by atoms with Crippen LogP contribution in [0.2, 0.25) is 0 Å². The molecule has 2 atom stereocenters. The Morgan fingerprint density at radius 3 is 2.53 bits per heavy atom. The van der Waals surface area contributed by atoms with Gasteiger partial charge in [0.15, 0.2) is 11.7 Å². The third-order valence-electron chi connectivity index (χ3n) is 5.98. The minimum absolute atomic E-state index is 0.0321. The third-order valence-corrected chi connectivity index (χ3v) is 5.98. The lowest BCUT2D eigenvalue weighted by Crippen LogP contribution is -2.35. The molecule has 0 fully saturated rings. The molecule has 0 saturated carbocycles. The molecule has 4 rings (SSSR count). The quantitative estimate of drug-likeness (QED) is 0.653. The molecule has 3 aromatic rings. The molecule has 10 heteroatoms. The van der Waals surface area contributed by atoms with E-state index >= 15 is 0 Å². The molecule has 2 aromatic heterocycles. The van der Waals surface area contributed by atoms with Crippen molar-refractivity contribution in [3.05, 3.63) is 64.6 Å². The Hall–Kier alpha value is -3.30. The van der Waals surface area contributed by atoms with Crippen LogP contribution in [0.15, 0.2) is 36.5 Å². The molecule has 1 aliphatic heterocycles. The summed E-state index contributed by atoms with van der Waals surface area (Å²) in [5, 5.41) is 11.3. The first-order valence-corrected chi connectivity index (χ1v) is 10.3. The molecule has 3 heterocycles. The maximum atomic E-state index is 13.9. The lowest BCUT2D eigenvalue weighted by Gasteiger charge is -2.33. The molecule has 0 radical (unpaired) electrons. The molecule has 0 aliphatic carbocycles. The Labute approximate surface area is 183 Å². The highest BCUT2D eigenvalue weighted by Crippen LogP contribution is 2.43. The summed E-state index contributed by atoms with van der Waals surface area (Å²) in [6.07, 6.45) is -3.03. The normalized spacial score (nSPS) is 18.2. The Balaban J connectivity index is 1.61. The van der Waals surface area contributed by atoms with Gasteiger partial charge in [0.05, 0.1) is 12.2 Å². The monoisotopic (exact) mass is 446 g/mol. The molecular formula is C22H25F3N6O. The van der Waals surface area contributed by atoms with Crippen LogP contribution in [0.4, 0.5) is 19.0 Å². The number of hydrogen-bond donors (Lipinski definition) is 1. The van der Waals surface area contributed by atoms with Gasteiger partial charge in [-0.25, -0.2) is 4.68 Å². The number of fused-ring (bicyclic) bond motifs is 1. The highest BCUT2D eigenvalue weighted by Gasteiger charge is 2.46. The van der Waals surface area contributed by atoms with E-state index in [4.69, 9.17) is 0 Å². The van der Waals surface area contributed by atoms with Crippen molar-refractivity contribution < 1.29 is 18.0 Å². The van der Waals surface area contributed by atoms with Crippen LogP contribution in [-0.4, -0.2) is 43.6 Å². The van der Waals surface area contributed by atoms with E-state index in [9.17, 15) is 18.0 Å². The first-order valence-electron chi connectivity index (χ1n) is 10.3. The fourth-order valence-electron chi connectivity index (χ4n) is 3.92. The van der Waals surface area contributed by atoms with Gasteiger partial charge in [-0.3, -0.25) is 9.48 Å². The number of carbonyl (C=O) groups is 1. The minimum atomic E-state index is -4.50. The van der Waals surface area contributed by atoms with Crippen LogP contribution in [0.5, 0.6) is 0 Å². The number of anilines is 1. The van der Waals surface area contributed by atoms with Crippen LogP contribution in [-0.2, 0) is 13.6 Å². The zero-order valence-corrected chi connectivity index (χ0v) is 18.3. The summed E-state index contributed by atoms with van der Waals surface area (Å²) in [5.74, 6) is -0.275. The second-order valence-electron chi connectivity index (χ2n) is 8.30. The van der Waals surface area contributed by atoms with Crippen molar-refractivity contribution in [2.45, 2.75) is 45.1 Å². The number of aromatic nitrogens is 4. The Bertz CT molecular complexity index is 1130. The summed E-state index contributed by atoms with van der Waals surface area (Å²) in [5.41, 5.74) is 3.53. The fraction of sp³-hybridized carbons (Fsp3) is 0.409. The Morgan fingerprint density at radius 2 is 1.94 bits per heavy atom. The highest BCUT2D eigenvalue weighted by atomic mass is 19.4. The smallest absolute Gasteiger partial charge is 0.363 e. The van der Waals surface area contributed by atoms with Crippen molar-refractivity contribution in [3.8, 4) is 0 Å². The molecule has 1 N–H and O–H groups in total. The fourth-order valence-corrected chi connectivity index (χ4v) is 3.92. The molecule has 1 aliphatic rings. The van der Waals surface area contributed by atoms with Gasteiger partial charge in [-0.15, -0.1) is 0 Å². The maximum Gasteiger partial charge on any atom is 0.410 e. The van der Waals surface area contributed by atoms with Crippen molar-refractivity contribution in [1.82, 2.24) is 24.5 Å². The molecule has 1 amide bonds. The number of halogens is 3. The number of nitrogens with one attached hydrogen (secondary N) is 1. The van der Waals surface area contributed by atoms with E-state index in [2.05, 4.69) is 15.5 Å². The molecule has 170 valence electrons. The number of nitrogens with zero attached hydrogens (tertiary/aromatic N) is 5. The van der Waals surface area contributed by atoms with E-state index in [-0.39, 0.29) is 24.5 Å². The largest absolute Gasteiger partial charge is 0.410 e. The number of rotatable bonds is 4. The summed E-state index contributed by atoms with van der Waals surface area (Å²) in [6, 6.07) is 6.42. The topological polar surface area (TPSA) is 68.0 Å². The first kappa shape index (κ1) is 21.9. The number of aryl methyl sites for hydroxylation is 2. The molecule has 7 nitrogen and oxygen atoms in total. The lowest BCUT2D eigenvalue weighted by atomic mass is 9.96. The second-order valence-corrected chi connectivity index (χ2v) is 8.30. The van der Waals surface area contributed by atoms with Gasteiger partial charge in [-0.2, -0.15) is 23.4 Å². The third kappa shape index (κ3) is 4.09. The van der Waals surface area contributed by atoms with E-state index in [0.717, 1.165) is 27.1 Å². The maximum absolute atomic E-state index is 13.9. The van der Waals surface area contributed by atoms with Gasteiger partial charge in [-0.05, 0) is 19.4 Å². The molecule has 1 aromatic carbocycles. The first-order chi connectivity index (χ1) is 15.0. The van der Waals surface area contributed by atoms with E-state index in [1.807, 2.05) is 38.1 Å². The van der Waals surface area contributed by atoms with Gasteiger partial charge in [0.25, 0.3) is 5.91 Å². The van der Waals surface area contributed by atoms with Gasteiger partial charge < -0.3 is 10.2 Å². The minimum Gasteiger partial charge on any atom is -0.363 e. The van der Waals surface area contributed by atoms with Crippen LogP contribution >= 0.6 is 0 Å². The van der Waals surface area contributed by atoms with Crippen LogP contribution in [0, 0.1) is 13.8 Å². The van der Waals surface area contributed by atoms with Crippen molar-refractivity contribution in [3.63, 3.8) is 0 Å². The van der Waals surface area contributed by atoms with Gasteiger partial charge in [0.1, 0.15) is 5.82 Å². The lowest BCUT2D eigenvalue weighted by molar-refractivity contribution is -0.173. The number of carbonyl (C=O) groups excluding carboxylic acids is 1. The molecular weight excluding hydrogens is 421 g/mol. The molecule has 32 heavy (non-hydrogen) atoms. The number of alkyl halides is 3. The van der Waals surface area contributed by atoms with Gasteiger partial charge in [-0.1, -0.05) is 29.8 Å². The van der Waals surface area contributed by atoms with Crippen molar-refractivity contribution in [2.75, 3.05) is 12.4 Å². The van der Waals surface area contributed by atoms with Gasteiger partial charge >= 0.3 is 6.18 Å². The van der Waals surface area contributed by atoms with Crippen LogP contribution < -0.4 is 5.32 Å². The van der Waals surface area contributed by atoms with E-state index in [0.29, 0.717) is 0 Å². The standard InChI is InChI=1S/C22H25F3N6O/c1-13-5-7-15(8-6-13)17-9-19(22(23,24)25)31-20(27-17)10-18(28-31)21(32)29(3)12-16-11-26-30(4)14(16)2/h5-8,10-11,17,19,27H,9,12H2,1-4H3/t17-,19-/m1/s1. The summed E-state index contributed by atoms with van der Waals surface area (Å²) >= 11 is 0. The van der Waals surface area contributed by atoms with E-state index < -0.39 is 24.2 Å². The second kappa shape index (κ2) is 7.99. The van der Waals surface area contributed by atoms with Crippen LogP contribution in [0.25, 0.3) is 0 Å². The van der Waals surface area contributed by atoms with Crippen LogP contribution in [0.1, 0.15) is 51.4 Å². The zero-order valence-electron chi connectivity index (χ0n) is 18.3. The van der Waals surface area contributed by atoms with E-state index in [1.165, 1.54) is 11.0 Å². The summed E-state index contributed by atoms with van der Waals surface area (Å²) in [6.45, 7) is 4.09. The average Bonchev–Trinajstić information content (AvgIpc) is 3.30. The van der Waals surface area contributed by atoms with Gasteiger partial charge in [0.2, 0.25) is 0 Å². The van der Waals surface area contributed by atoms with Crippen molar-refractivity contribution in [2.24, 2.45) is 7.05 Å².